The van der Waals surface area contributed by atoms with Crippen LogP contribution in [0.15, 0.2) is 164 Å². The lowest BCUT2D eigenvalue weighted by Gasteiger charge is -2.19. The number of hydrogen-bond acceptors (Lipinski definition) is 5. The number of pyridine rings is 2. The molecule has 8 aromatic rings. The number of aromatic nitrogens is 5. The van der Waals surface area contributed by atoms with E-state index in [4.69, 9.17) is 19.9 Å². The molecule has 5 nitrogen and oxygen atoms in total. The first-order valence-corrected chi connectivity index (χ1v) is 20.2. The molecule has 6 heteroatoms. The monoisotopic (exact) mass is 671 g/mol. The van der Waals surface area contributed by atoms with Crippen LogP contribution >= 0.6 is 0 Å². The maximum absolute atomic E-state index is 5.09. The van der Waals surface area contributed by atoms with E-state index in [1.165, 1.54) is 27.1 Å². The van der Waals surface area contributed by atoms with E-state index in [1.807, 2.05) is 67.0 Å². The van der Waals surface area contributed by atoms with E-state index in [0.29, 0.717) is 17.5 Å². The van der Waals surface area contributed by atoms with Crippen LogP contribution in [0.4, 0.5) is 0 Å². The summed E-state index contributed by atoms with van der Waals surface area (Å²) in [6.07, 6.45) is 3.72. The fraction of sp³-hybridized carbons (Fsp3) is 0.0444. The summed E-state index contributed by atoms with van der Waals surface area (Å²) < 4.78 is 0. The minimum atomic E-state index is -1.92. The molecule has 0 saturated carbocycles. The lowest BCUT2D eigenvalue weighted by atomic mass is 9.99. The number of nitrogens with zero attached hydrogens (tertiary/aromatic N) is 5. The predicted molar refractivity (Wildman–Crippen MR) is 210 cm³/mol. The topological polar surface area (TPSA) is 64.5 Å². The van der Waals surface area contributed by atoms with E-state index >= 15 is 0 Å². The number of hydrogen-bond donors (Lipinski definition) is 0. The van der Waals surface area contributed by atoms with Crippen LogP contribution in [0.3, 0.4) is 0 Å². The van der Waals surface area contributed by atoms with Crippen molar-refractivity contribution in [3.8, 4) is 78.9 Å². The highest BCUT2D eigenvalue weighted by molar-refractivity contribution is 7.03. The number of fused-ring (bicyclic) bond motifs is 3. The van der Waals surface area contributed by atoms with Gasteiger partial charge in [0.1, 0.15) is 8.07 Å². The van der Waals surface area contributed by atoms with Gasteiger partial charge in [-0.15, -0.1) is 0 Å². The van der Waals surface area contributed by atoms with Crippen molar-refractivity contribution in [3.05, 3.63) is 164 Å². The Morgan fingerprint density at radius 2 is 0.843 bits per heavy atom. The molecule has 0 bridgehead atoms. The molecule has 0 N–H and O–H groups in total. The zero-order valence-corrected chi connectivity index (χ0v) is 29.3. The van der Waals surface area contributed by atoms with Crippen molar-refractivity contribution in [2.45, 2.75) is 13.1 Å². The second kappa shape index (κ2) is 12.5. The van der Waals surface area contributed by atoms with Crippen LogP contribution < -0.4 is 10.4 Å². The maximum atomic E-state index is 5.09. The molecule has 0 atom stereocenters. The van der Waals surface area contributed by atoms with Crippen molar-refractivity contribution < 1.29 is 0 Å². The van der Waals surface area contributed by atoms with Gasteiger partial charge in [0.25, 0.3) is 0 Å². The largest absolute Gasteiger partial charge is 0.256 e. The Balaban J connectivity index is 1.12. The fourth-order valence-corrected chi connectivity index (χ4v) is 10.2. The SMILES string of the molecule is C[Si]1(C)c2ccc(-c3ccc(-c4ccccn4)cn3)cc2-c2cc(-c3nc(-c4ccccc4)nc(-c4ccc(-c5ccccc5)cc4)n3)ccc21. The van der Waals surface area contributed by atoms with Crippen LogP contribution in [0.25, 0.3) is 78.9 Å². The first-order chi connectivity index (χ1) is 25.0. The molecule has 0 saturated heterocycles. The number of benzene rings is 5. The molecule has 5 aromatic carbocycles. The first-order valence-electron chi connectivity index (χ1n) is 17.2. The summed E-state index contributed by atoms with van der Waals surface area (Å²) in [6, 6.07) is 52.7. The second-order valence-corrected chi connectivity index (χ2v) is 17.7. The Labute approximate surface area is 298 Å². The van der Waals surface area contributed by atoms with Crippen LogP contribution in [0.5, 0.6) is 0 Å². The van der Waals surface area contributed by atoms with Crippen LogP contribution in [0, 0.1) is 0 Å². The second-order valence-electron chi connectivity index (χ2n) is 13.4. The molecule has 0 aliphatic carbocycles. The minimum Gasteiger partial charge on any atom is -0.256 e. The summed E-state index contributed by atoms with van der Waals surface area (Å²) in [6.45, 7) is 4.87. The zero-order valence-electron chi connectivity index (χ0n) is 28.3. The molecule has 1 aliphatic rings. The van der Waals surface area contributed by atoms with Gasteiger partial charge in [-0.3, -0.25) is 9.97 Å². The van der Waals surface area contributed by atoms with Gasteiger partial charge in [0.15, 0.2) is 17.5 Å². The third-order valence-corrected chi connectivity index (χ3v) is 13.4. The number of rotatable bonds is 6. The lowest BCUT2D eigenvalue weighted by Crippen LogP contribution is -2.49. The molecule has 9 rings (SSSR count). The van der Waals surface area contributed by atoms with Crippen molar-refractivity contribution in [1.82, 2.24) is 24.9 Å². The predicted octanol–water partition coefficient (Wildman–Crippen LogP) is 9.47. The maximum Gasteiger partial charge on any atom is 0.164 e. The highest BCUT2D eigenvalue weighted by atomic mass is 28.3. The third-order valence-electron chi connectivity index (χ3n) is 9.87. The standard InChI is InChI=1S/C45H33N5Si/c1-51(2)41-24-21-34(40-23-20-36(29-47-40)39-15-9-10-26-46-39)27-37(41)38-28-35(22-25-42(38)51)45-49-43(32-13-7-4-8-14-32)48-44(50-45)33-18-16-31(17-19-33)30-11-5-3-6-12-30/h3-29H,1-2H3. The molecule has 1 aliphatic heterocycles. The fourth-order valence-electron chi connectivity index (χ4n) is 7.11. The van der Waals surface area contributed by atoms with E-state index in [1.54, 1.807) is 0 Å². The molecule has 0 radical (unpaired) electrons. The third kappa shape index (κ3) is 5.65. The zero-order chi connectivity index (χ0) is 34.4. The van der Waals surface area contributed by atoms with Crippen molar-refractivity contribution in [1.29, 1.82) is 0 Å². The van der Waals surface area contributed by atoms with Gasteiger partial charge in [0.2, 0.25) is 0 Å². The van der Waals surface area contributed by atoms with E-state index < -0.39 is 8.07 Å². The summed E-state index contributed by atoms with van der Waals surface area (Å²) in [7, 11) is -1.92. The summed E-state index contributed by atoms with van der Waals surface area (Å²) in [5.41, 5.74) is 11.7. The average molecular weight is 672 g/mol. The van der Waals surface area contributed by atoms with Crippen LogP contribution in [-0.2, 0) is 0 Å². The molecular weight excluding hydrogens is 639 g/mol. The van der Waals surface area contributed by atoms with Gasteiger partial charge in [0.05, 0.1) is 11.4 Å². The molecular formula is C45H33N5Si. The highest BCUT2D eigenvalue weighted by Crippen LogP contribution is 2.35. The van der Waals surface area contributed by atoms with Crippen LogP contribution in [0.2, 0.25) is 13.1 Å². The summed E-state index contributed by atoms with van der Waals surface area (Å²) in [5.74, 6) is 1.96. The Bertz CT molecular complexity index is 2520. The van der Waals surface area contributed by atoms with Crippen molar-refractivity contribution in [2.24, 2.45) is 0 Å². The molecule has 51 heavy (non-hydrogen) atoms. The van der Waals surface area contributed by atoms with Crippen molar-refractivity contribution in [2.75, 3.05) is 0 Å². The van der Waals surface area contributed by atoms with Crippen molar-refractivity contribution >= 4 is 18.4 Å². The van der Waals surface area contributed by atoms with E-state index in [-0.39, 0.29) is 0 Å². The normalized spacial score (nSPS) is 12.7. The first kappa shape index (κ1) is 30.7. The molecule has 0 unspecified atom stereocenters. The van der Waals surface area contributed by atoms with Gasteiger partial charge >= 0.3 is 0 Å². The smallest absolute Gasteiger partial charge is 0.164 e. The molecule has 0 spiro atoms. The molecule has 4 heterocycles. The molecule has 242 valence electrons. The molecule has 0 amide bonds. The summed E-state index contributed by atoms with van der Waals surface area (Å²) in [4.78, 5) is 24.5. The highest BCUT2D eigenvalue weighted by Gasteiger charge is 2.37. The lowest BCUT2D eigenvalue weighted by molar-refractivity contribution is 1.07. The summed E-state index contributed by atoms with van der Waals surface area (Å²) in [5, 5.41) is 2.86. The van der Waals surface area contributed by atoms with E-state index in [2.05, 4.69) is 115 Å². The van der Waals surface area contributed by atoms with Gasteiger partial charge < -0.3 is 0 Å². The average Bonchev–Trinajstić information content (AvgIpc) is 3.43. The van der Waals surface area contributed by atoms with Crippen LogP contribution in [-0.4, -0.2) is 33.0 Å². The van der Waals surface area contributed by atoms with Crippen LogP contribution in [0.1, 0.15) is 0 Å². The Morgan fingerprint density at radius 1 is 0.373 bits per heavy atom. The Hall–Kier alpha value is -6.37. The van der Waals surface area contributed by atoms with Crippen molar-refractivity contribution in [3.63, 3.8) is 0 Å². The quantitative estimate of drug-likeness (QED) is 0.165. The van der Waals surface area contributed by atoms with Gasteiger partial charge in [-0.05, 0) is 69.0 Å². The Morgan fingerprint density at radius 3 is 1.45 bits per heavy atom. The van der Waals surface area contributed by atoms with Gasteiger partial charge in [-0.25, -0.2) is 15.0 Å². The Kier molecular flexibility index (Phi) is 7.52. The molecule has 3 aromatic heterocycles. The van der Waals surface area contributed by atoms with Gasteiger partial charge in [-0.1, -0.05) is 128 Å². The van der Waals surface area contributed by atoms with Gasteiger partial charge in [0, 0.05) is 40.2 Å². The van der Waals surface area contributed by atoms with E-state index in [9.17, 15) is 0 Å². The van der Waals surface area contributed by atoms with E-state index in [0.717, 1.165) is 44.8 Å². The molecule has 0 fully saturated rings. The summed E-state index contributed by atoms with van der Waals surface area (Å²) >= 11 is 0. The van der Waals surface area contributed by atoms with Gasteiger partial charge in [-0.2, -0.15) is 0 Å². The minimum absolute atomic E-state index is 0.650.